The van der Waals surface area contributed by atoms with Crippen LogP contribution in [0.4, 0.5) is 11.4 Å². The molecule has 2 aromatic rings. The number of hydrogen-bond acceptors (Lipinski definition) is 4. The molecule has 34 heavy (non-hydrogen) atoms. The van der Waals surface area contributed by atoms with Crippen molar-refractivity contribution >= 4 is 11.4 Å². The molecule has 2 aromatic carbocycles. The van der Waals surface area contributed by atoms with Crippen molar-refractivity contribution in [2.24, 2.45) is 0 Å². The summed E-state index contributed by atoms with van der Waals surface area (Å²) in [5.74, 6) is 13.0. The molecule has 0 saturated heterocycles. The summed E-state index contributed by atoms with van der Waals surface area (Å²) in [6.07, 6.45) is 5.05. The molecule has 0 fully saturated rings. The topological polar surface area (TPSA) is 54.1 Å². The van der Waals surface area contributed by atoms with Crippen molar-refractivity contribution in [1.82, 2.24) is 0 Å². The number of hydrogen-bond donors (Lipinski definition) is 0. The lowest BCUT2D eigenvalue weighted by atomic mass is 9.91. The predicted molar refractivity (Wildman–Crippen MR) is 139 cm³/mol. The molecule has 0 spiro atoms. The Balaban J connectivity index is 1.99. The zero-order valence-electron chi connectivity index (χ0n) is 20.0. The number of nitriles is 2. The molecule has 0 N–H and O–H groups in total. The fraction of sp³-hybridized carbons (Fsp3) is 0.200. The quantitative estimate of drug-likeness (QED) is 0.473. The van der Waals surface area contributed by atoms with Crippen LogP contribution in [0.15, 0.2) is 83.0 Å². The lowest BCUT2D eigenvalue weighted by molar-refractivity contribution is 0.938. The van der Waals surface area contributed by atoms with Gasteiger partial charge >= 0.3 is 0 Å². The van der Waals surface area contributed by atoms with Gasteiger partial charge in [-0.2, -0.15) is 10.5 Å². The lowest BCUT2D eigenvalue weighted by Crippen LogP contribution is -2.07. The smallest absolute Gasteiger partial charge is 0.132 e. The average Bonchev–Trinajstić information content (AvgIpc) is 2.86. The fourth-order valence-corrected chi connectivity index (χ4v) is 3.37. The minimum atomic E-state index is 0.163. The lowest BCUT2D eigenvalue weighted by Gasteiger charge is -2.12. The van der Waals surface area contributed by atoms with Gasteiger partial charge in [-0.15, -0.1) is 0 Å². The van der Waals surface area contributed by atoms with Crippen molar-refractivity contribution in [2.75, 3.05) is 38.0 Å². The second-order valence-corrected chi connectivity index (χ2v) is 8.24. The van der Waals surface area contributed by atoms with Crippen molar-refractivity contribution in [2.45, 2.75) is 12.8 Å². The second-order valence-electron chi connectivity index (χ2n) is 8.24. The first kappa shape index (κ1) is 24.0. The van der Waals surface area contributed by atoms with E-state index in [1.807, 2.05) is 111 Å². The van der Waals surface area contributed by atoms with Crippen molar-refractivity contribution in [3.8, 4) is 35.8 Å². The number of benzene rings is 2. The normalized spacial score (nSPS) is 11.7. The van der Waals surface area contributed by atoms with Gasteiger partial charge in [0.2, 0.25) is 0 Å². The molecule has 0 atom stereocenters. The summed E-state index contributed by atoms with van der Waals surface area (Å²) in [7, 11) is 8.02. The highest BCUT2D eigenvalue weighted by molar-refractivity contribution is 5.60. The first-order valence-corrected chi connectivity index (χ1v) is 10.9. The van der Waals surface area contributed by atoms with E-state index in [4.69, 9.17) is 10.5 Å². The molecule has 0 saturated carbocycles. The maximum Gasteiger partial charge on any atom is 0.132 e. The van der Waals surface area contributed by atoms with E-state index in [-0.39, 0.29) is 5.57 Å². The molecule has 0 radical (unpaired) electrons. The van der Waals surface area contributed by atoms with Gasteiger partial charge in [0.15, 0.2) is 0 Å². The third kappa shape index (κ3) is 6.20. The minimum Gasteiger partial charge on any atom is -0.378 e. The maximum atomic E-state index is 9.15. The van der Waals surface area contributed by atoms with Gasteiger partial charge in [0.25, 0.3) is 0 Å². The molecule has 0 unspecified atom stereocenters. The molecule has 0 heterocycles. The highest BCUT2D eigenvalue weighted by atomic mass is 15.1. The van der Waals surface area contributed by atoms with Crippen molar-refractivity contribution in [3.63, 3.8) is 0 Å². The molecule has 0 aliphatic heterocycles. The van der Waals surface area contributed by atoms with Crippen LogP contribution in [0.3, 0.4) is 0 Å². The molecule has 1 aliphatic carbocycles. The summed E-state index contributed by atoms with van der Waals surface area (Å²) in [5.41, 5.74) is 6.74. The van der Waals surface area contributed by atoms with Crippen LogP contribution in [0.2, 0.25) is 0 Å². The number of nitrogens with zero attached hydrogens (tertiary/aromatic N) is 4. The molecule has 4 heteroatoms. The van der Waals surface area contributed by atoms with E-state index >= 15 is 0 Å². The number of rotatable bonds is 2. The number of allylic oxidation sites excluding steroid dienone is 6. The van der Waals surface area contributed by atoms with Gasteiger partial charge in [-0.05, 0) is 72.5 Å². The Labute approximate surface area is 202 Å². The molecular weight excluding hydrogens is 416 g/mol. The van der Waals surface area contributed by atoms with E-state index in [0.717, 1.165) is 39.2 Å². The monoisotopic (exact) mass is 442 g/mol. The molecule has 3 rings (SSSR count). The molecule has 1 aliphatic rings. The summed E-state index contributed by atoms with van der Waals surface area (Å²) in [5, 5.41) is 18.3. The van der Waals surface area contributed by atoms with E-state index in [9.17, 15) is 0 Å². The average molecular weight is 443 g/mol. The largest absolute Gasteiger partial charge is 0.378 e. The van der Waals surface area contributed by atoms with Gasteiger partial charge < -0.3 is 9.80 Å². The van der Waals surface area contributed by atoms with E-state index in [2.05, 4.69) is 23.7 Å². The molecule has 0 amide bonds. The Morgan fingerprint density at radius 1 is 0.618 bits per heavy atom. The summed E-state index contributed by atoms with van der Waals surface area (Å²) < 4.78 is 0. The van der Waals surface area contributed by atoms with E-state index in [0.29, 0.717) is 12.8 Å². The van der Waals surface area contributed by atoms with Crippen LogP contribution in [-0.2, 0) is 0 Å². The zero-order valence-corrected chi connectivity index (χ0v) is 20.0. The summed E-state index contributed by atoms with van der Waals surface area (Å²) in [4.78, 5) is 4.10. The Kier molecular flexibility index (Phi) is 7.97. The van der Waals surface area contributed by atoms with Crippen LogP contribution in [0.5, 0.6) is 0 Å². The van der Waals surface area contributed by atoms with Crippen LogP contribution in [0.1, 0.15) is 24.0 Å². The van der Waals surface area contributed by atoms with Gasteiger partial charge in [-0.25, -0.2) is 0 Å². The van der Waals surface area contributed by atoms with Crippen LogP contribution >= 0.6 is 0 Å². The number of anilines is 2. The van der Waals surface area contributed by atoms with Gasteiger partial charge in [-0.1, -0.05) is 35.8 Å². The minimum absolute atomic E-state index is 0.163. The van der Waals surface area contributed by atoms with Crippen molar-refractivity contribution in [3.05, 3.63) is 94.1 Å². The van der Waals surface area contributed by atoms with Gasteiger partial charge in [0.1, 0.15) is 17.7 Å². The summed E-state index contributed by atoms with van der Waals surface area (Å²) in [6, 6.07) is 20.1. The summed E-state index contributed by atoms with van der Waals surface area (Å²) >= 11 is 0. The van der Waals surface area contributed by atoms with Crippen LogP contribution in [0.25, 0.3) is 0 Å². The van der Waals surface area contributed by atoms with E-state index in [1.165, 1.54) is 0 Å². The van der Waals surface area contributed by atoms with Crippen LogP contribution in [0, 0.1) is 46.3 Å². The third-order valence-corrected chi connectivity index (χ3v) is 5.45. The van der Waals surface area contributed by atoms with Gasteiger partial charge in [0, 0.05) is 50.7 Å². The van der Waals surface area contributed by atoms with Crippen molar-refractivity contribution in [1.29, 1.82) is 10.5 Å². The van der Waals surface area contributed by atoms with Gasteiger partial charge in [-0.3, -0.25) is 0 Å². The highest BCUT2D eigenvalue weighted by Crippen LogP contribution is 2.25. The Hall–Kier alpha value is -4.64. The second kappa shape index (κ2) is 11.3. The van der Waals surface area contributed by atoms with E-state index < -0.39 is 0 Å². The SMILES string of the molecule is CN(C)c1ccc(C#CC(C#Cc2ccc(N(C)C)cc2)=C2C=CC(=C(C#N)C#N)CC2)cc1. The first-order chi connectivity index (χ1) is 16.4. The molecular formula is C30H26N4. The zero-order chi connectivity index (χ0) is 24.5. The Morgan fingerprint density at radius 3 is 1.32 bits per heavy atom. The summed E-state index contributed by atoms with van der Waals surface area (Å²) in [6.45, 7) is 0. The van der Waals surface area contributed by atoms with Crippen LogP contribution < -0.4 is 9.80 Å². The molecule has 166 valence electrons. The first-order valence-electron chi connectivity index (χ1n) is 10.9. The van der Waals surface area contributed by atoms with E-state index in [1.54, 1.807) is 0 Å². The standard InChI is InChI=1S/C30H26N4/c1-33(2)29-17-7-23(8-18-29)5-11-25(12-6-24-9-19-30(20-10-24)34(3)4)26-13-15-27(16-14-26)28(21-31)22-32/h7-10,13,15,17-20H,14,16H2,1-4H3. The Morgan fingerprint density at radius 2 is 1.00 bits per heavy atom. The molecule has 0 aromatic heterocycles. The molecule has 4 nitrogen and oxygen atoms in total. The molecule has 0 bridgehead atoms. The fourth-order valence-electron chi connectivity index (χ4n) is 3.37. The van der Waals surface area contributed by atoms with Crippen LogP contribution in [-0.4, -0.2) is 28.2 Å². The highest BCUT2D eigenvalue weighted by Gasteiger charge is 2.11. The maximum absolute atomic E-state index is 9.15. The van der Waals surface area contributed by atoms with Crippen molar-refractivity contribution < 1.29 is 0 Å². The van der Waals surface area contributed by atoms with Gasteiger partial charge in [0.05, 0.1) is 5.57 Å². The third-order valence-electron chi connectivity index (χ3n) is 5.45. The Bertz CT molecular complexity index is 1260. The predicted octanol–water partition coefficient (Wildman–Crippen LogP) is 5.21.